The number of benzene rings is 1. The van der Waals surface area contributed by atoms with Crippen LogP contribution in [-0.4, -0.2) is 25.7 Å². The van der Waals surface area contributed by atoms with Gasteiger partial charge < -0.3 is 19.8 Å². The summed E-state index contributed by atoms with van der Waals surface area (Å²) in [6.07, 6.45) is 5.04. The lowest BCUT2D eigenvalue weighted by Crippen LogP contribution is -2.20. The van der Waals surface area contributed by atoms with E-state index in [1.807, 2.05) is 25.3 Å². The summed E-state index contributed by atoms with van der Waals surface area (Å²) < 4.78 is 2.14. The van der Waals surface area contributed by atoms with Gasteiger partial charge in [0.2, 0.25) is 0 Å². The van der Waals surface area contributed by atoms with Crippen molar-refractivity contribution in [3.05, 3.63) is 57.0 Å². The van der Waals surface area contributed by atoms with Crippen LogP contribution in [0.3, 0.4) is 0 Å². The molecule has 1 aliphatic rings. The number of aromatic carboxylic acids is 1. The Labute approximate surface area is 149 Å². The number of fused-ring (bicyclic) bond motifs is 4. The second kappa shape index (κ2) is 5.62. The van der Waals surface area contributed by atoms with E-state index in [0.717, 1.165) is 28.5 Å². The molecule has 26 heavy (non-hydrogen) atoms. The molecule has 0 aliphatic heterocycles. The second-order valence-electron chi connectivity index (χ2n) is 6.49. The zero-order chi connectivity index (χ0) is 18.6. The molecule has 0 bridgehead atoms. The molecule has 0 radical (unpaired) electrons. The van der Waals surface area contributed by atoms with E-state index < -0.39 is 22.8 Å². The van der Waals surface area contributed by atoms with Crippen LogP contribution in [0.25, 0.3) is 28.2 Å². The van der Waals surface area contributed by atoms with Crippen LogP contribution in [0.1, 0.15) is 34.1 Å². The molecule has 2 heterocycles. The molecule has 6 nitrogen and oxygen atoms in total. The van der Waals surface area contributed by atoms with Gasteiger partial charge in [0, 0.05) is 34.8 Å². The van der Waals surface area contributed by atoms with E-state index >= 15 is 0 Å². The monoisotopic (exact) mass is 350 g/mol. The fourth-order valence-electron chi connectivity index (χ4n) is 3.71. The van der Waals surface area contributed by atoms with Crippen molar-refractivity contribution >= 4 is 22.9 Å². The molecular formula is C20H18N2O4. The zero-order valence-corrected chi connectivity index (χ0v) is 14.5. The molecule has 0 amide bonds. The Balaban J connectivity index is 2.07. The predicted molar refractivity (Wildman–Crippen MR) is 99.7 cm³/mol. The summed E-state index contributed by atoms with van der Waals surface area (Å²) in [4.78, 5) is 26.2. The van der Waals surface area contributed by atoms with Gasteiger partial charge in [-0.1, -0.05) is 19.1 Å². The second-order valence-corrected chi connectivity index (χ2v) is 6.49. The number of carboxylic acids is 1. The van der Waals surface area contributed by atoms with Crippen LogP contribution < -0.4 is 5.56 Å². The van der Waals surface area contributed by atoms with Crippen LogP contribution >= 0.6 is 0 Å². The minimum absolute atomic E-state index is 0.337. The third kappa shape index (κ3) is 2.19. The Morgan fingerprint density at radius 2 is 2.08 bits per heavy atom. The molecule has 6 heteroatoms. The van der Waals surface area contributed by atoms with E-state index in [1.165, 1.54) is 5.69 Å². The third-order valence-electron chi connectivity index (χ3n) is 5.07. The first-order valence-electron chi connectivity index (χ1n) is 8.43. The van der Waals surface area contributed by atoms with Gasteiger partial charge >= 0.3 is 5.97 Å². The first-order chi connectivity index (χ1) is 12.4. The summed E-state index contributed by atoms with van der Waals surface area (Å²) in [7, 11) is 2.02. The highest BCUT2D eigenvalue weighted by Gasteiger charge is 2.24. The highest BCUT2D eigenvalue weighted by molar-refractivity contribution is 5.95. The van der Waals surface area contributed by atoms with Gasteiger partial charge in [0.25, 0.3) is 5.56 Å². The standard InChI is InChI=1S/C20H18N2O4/c1-3-12-7-11-8-14-10(9-15(11)22(12)2)5-4-6-13-17(14)21-19(24)16(18(13)23)20(25)26/h4-5,7-9H,3,6H2,1-2H3,(H,25,26)(H2,21,23,24). The van der Waals surface area contributed by atoms with Crippen molar-refractivity contribution < 1.29 is 15.0 Å². The number of allylic oxidation sites excluding steroid dienone is 1. The lowest BCUT2D eigenvalue weighted by Gasteiger charge is -2.13. The van der Waals surface area contributed by atoms with Gasteiger partial charge in [0.1, 0.15) is 5.75 Å². The number of hydrogen-bond acceptors (Lipinski definition) is 3. The quantitative estimate of drug-likeness (QED) is 0.662. The van der Waals surface area contributed by atoms with Gasteiger partial charge in [-0.15, -0.1) is 0 Å². The van der Waals surface area contributed by atoms with Gasteiger partial charge in [-0.05, 0) is 36.6 Å². The van der Waals surface area contributed by atoms with Gasteiger partial charge in [0.05, 0.1) is 5.69 Å². The van der Waals surface area contributed by atoms with Gasteiger partial charge in [-0.3, -0.25) is 4.79 Å². The molecular weight excluding hydrogens is 332 g/mol. The Hall–Kier alpha value is -3.28. The van der Waals surface area contributed by atoms with E-state index in [4.69, 9.17) is 0 Å². The SMILES string of the molecule is CCc1cc2cc3c(cc2n1C)C=CCc1c-3[nH]c(=O)c(C(=O)O)c1O. The molecule has 3 aromatic rings. The topological polar surface area (TPSA) is 95.3 Å². The molecule has 0 saturated heterocycles. The van der Waals surface area contributed by atoms with Crippen molar-refractivity contribution in [1.29, 1.82) is 0 Å². The number of pyridine rings is 1. The maximum Gasteiger partial charge on any atom is 0.345 e. The third-order valence-corrected chi connectivity index (χ3v) is 5.07. The van der Waals surface area contributed by atoms with E-state index in [2.05, 4.69) is 28.6 Å². The molecule has 0 atom stereocenters. The van der Waals surface area contributed by atoms with Crippen LogP contribution in [0, 0.1) is 0 Å². The van der Waals surface area contributed by atoms with Crippen LogP contribution in [0.4, 0.5) is 0 Å². The summed E-state index contributed by atoms with van der Waals surface area (Å²) in [5, 5.41) is 20.6. The molecule has 3 N–H and O–H groups in total. The number of aryl methyl sites for hydroxylation is 2. The molecule has 1 aliphatic carbocycles. The fraction of sp³-hybridized carbons (Fsp3) is 0.200. The molecule has 0 spiro atoms. The highest BCUT2D eigenvalue weighted by atomic mass is 16.4. The number of nitrogens with one attached hydrogen (secondary N) is 1. The number of nitrogens with zero attached hydrogens (tertiary/aromatic N) is 1. The Kier molecular flexibility index (Phi) is 3.50. The molecule has 2 aromatic heterocycles. The molecule has 0 unspecified atom stereocenters. The number of hydrogen-bond donors (Lipinski definition) is 3. The van der Waals surface area contributed by atoms with Crippen molar-refractivity contribution in [3.8, 4) is 17.0 Å². The summed E-state index contributed by atoms with van der Waals surface area (Å²) in [5.41, 5.74) is 3.45. The van der Waals surface area contributed by atoms with Crippen molar-refractivity contribution in [1.82, 2.24) is 9.55 Å². The number of H-pyrrole nitrogens is 1. The summed E-state index contributed by atoms with van der Waals surface area (Å²) in [5.74, 6) is -1.90. The molecule has 1 aromatic carbocycles. The first-order valence-corrected chi connectivity index (χ1v) is 8.43. The number of aromatic nitrogens is 2. The van der Waals surface area contributed by atoms with E-state index in [1.54, 1.807) is 0 Å². The smallest absolute Gasteiger partial charge is 0.345 e. The van der Waals surface area contributed by atoms with Gasteiger partial charge in [0.15, 0.2) is 5.56 Å². The van der Waals surface area contributed by atoms with Crippen molar-refractivity contribution in [2.24, 2.45) is 7.05 Å². The predicted octanol–water partition coefficient (Wildman–Crippen LogP) is 3.07. The van der Waals surface area contributed by atoms with Crippen LogP contribution in [0.2, 0.25) is 0 Å². The number of carbonyl (C=O) groups is 1. The molecule has 132 valence electrons. The van der Waals surface area contributed by atoms with Crippen LogP contribution in [0.5, 0.6) is 5.75 Å². The average Bonchev–Trinajstić information content (AvgIpc) is 2.79. The minimum Gasteiger partial charge on any atom is -0.506 e. The summed E-state index contributed by atoms with van der Waals surface area (Å²) >= 11 is 0. The average molecular weight is 350 g/mol. The molecule has 0 saturated carbocycles. The normalized spacial score (nSPS) is 12.7. The first kappa shape index (κ1) is 16.2. The molecule has 0 fully saturated rings. The number of carboxylic acid groups (broad SMARTS) is 1. The Morgan fingerprint density at radius 1 is 1.31 bits per heavy atom. The largest absolute Gasteiger partial charge is 0.506 e. The van der Waals surface area contributed by atoms with Crippen molar-refractivity contribution in [3.63, 3.8) is 0 Å². The molecule has 4 rings (SSSR count). The lowest BCUT2D eigenvalue weighted by molar-refractivity contribution is 0.0691. The van der Waals surface area contributed by atoms with E-state index in [9.17, 15) is 19.8 Å². The lowest BCUT2D eigenvalue weighted by atomic mass is 9.98. The van der Waals surface area contributed by atoms with E-state index in [-0.39, 0.29) is 0 Å². The zero-order valence-electron chi connectivity index (χ0n) is 14.5. The van der Waals surface area contributed by atoms with Gasteiger partial charge in [-0.25, -0.2) is 4.79 Å². The van der Waals surface area contributed by atoms with Gasteiger partial charge in [-0.2, -0.15) is 0 Å². The van der Waals surface area contributed by atoms with Crippen LogP contribution in [-0.2, 0) is 19.9 Å². The minimum atomic E-state index is -1.44. The number of rotatable bonds is 2. The number of aromatic hydroxyl groups is 1. The van der Waals surface area contributed by atoms with Crippen molar-refractivity contribution in [2.75, 3.05) is 0 Å². The Bertz CT molecular complexity index is 1160. The van der Waals surface area contributed by atoms with Crippen LogP contribution in [0.15, 0.2) is 29.1 Å². The maximum atomic E-state index is 12.2. The maximum absolute atomic E-state index is 12.2. The summed E-state index contributed by atoms with van der Waals surface area (Å²) in [6.45, 7) is 2.09. The highest BCUT2D eigenvalue weighted by Crippen LogP contribution is 2.37. The fourth-order valence-corrected chi connectivity index (χ4v) is 3.71. The van der Waals surface area contributed by atoms with Crippen molar-refractivity contribution in [2.45, 2.75) is 19.8 Å². The van der Waals surface area contributed by atoms with E-state index in [0.29, 0.717) is 17.7 Å². The summed E-state index contributed by atoms with van der Waals surface area (Å²) in [6, 6.07) is 6.14. The number of aromatic amines is 1. The Morgan fingerprint density at radius 3 is 2.77 bits per heavy atom.